The fourth-order valence-electron chi connectivity index (χ4n) is 2.54. The van der Waals surface area contributed by atoms with Crippen molar-refractivity contribution < 1.29 is 18.0 Å². The lowest BCUT2D eigenvalue weighted by Crippen LogP contribution is -2.39. The van der Waals surface area contributed by atoms with E-state index in [0.29, 0.717) is 12.1 Å². The molecule has 0 aliphatic heterocycles. The van der Waals surface area contributed by atoms with Crippen LogP contribution in [-0.2, 0) is 32.3 Å². The first kappa shape index (κ1) is 22.0. The van der Waals surface area contributed by atoms with Gasteiger partial charge in [-0.1, -0.05) is 44.2 Å². The lowest BCUT2D eigenvalue weighted by Gasteiger charge is -2.14. The van der Waals surface area contributed by atoms with Gasteiger partial charge in [0.05, 0.1) is 0 Å². The summed E-state index contributed by atoms with van der Waals surface area (Å²) in [6.07, 6.45) is 1.58. The Hall–Kier alpha value is -2.33. The van der Waals surface area contributed by atoms with E-state index in [1.807, 2.05) is 26.0 Å². The molecule has 0 spiro atoms. The highest BCUT2D eigenvalue weighted by molar-refractivity contribution is 7.93. The summed E-state index contributed by atoms with van der Waals surface area (Å²) in [5.74, 6) is -2.16. The number of anilines is 2. The van der Waals surface area contributed by atoms with Crippen LogP contribution in [0.15, 0.2) is 24.3 Å². The molecule has 28 heavy (non-hydrogen) atoms. The molecule has 2 N–H and O–H groups in total. The van der Waals surface area contributed by atoms with E-state index < -0.39 is 32.7 Å². The smallest absolute Gasteiger partial charge is 0.244 e. The number of rotatable bonds is 9. The van der Waals surface area contributed by atoms with E-state index >= 15 is 0 Å². The number of aryl methyl sites for hydroxylation is 2. The predicted molar refractivity (Wildman–Crippen MR) is 110 cm³/mol. The van der Waals surface area contributed by atoms with Crippen LogP contribution in [0.25, 0.3) is 0 Å². The number of aromatic nitrogens is 2. The number of nitrogens with zero attached hydrogens (tertiary/aromatic N) is 2. The second kappa shape index (κ2) is 9.74. The van der Waals surface area contributed by atoms with E-state index in [1.54, 1.807) is 19.1 Å². The quantitative estimate of drug-likeness (QED) is 0.638. The van der Waals surface area contributed by atoms with Crippen LogP contribution in [-0.4, -0.2) is 41.4 Å². The average molecular weight is 425 g/mol. The number of benzene rings is 1. The summed E-state index contributed by atoms with van der Waals surface area (Å²) in [6.45, 7) is 5.50. The summed E-state index contributed by atoms with van der Waals surface area (Å²) in [5.41, 5.74) is 1.62. The van der Waals surface area contributed by atoms with Crippen LogP contribution in [0, 0.1) is 0 Å². The Morgan fingerprint density at radius 3 is 2.25 bits per heavy atom. The first-order chi connectivity index (χ1) is 13.3. The molecule has 1 aromatic heterocycles. The van der Waals surface area contributed by atoms with E-state index in [2.05, 4.69) is 20.8 Å². The summed E-state index contributed by atoms with van der Waals surface area (Å²) in [4.78, 5) is 24.6. The van der Waals surface area contributed by atoms with E-state index in [1.165, 1.54) is 11.3 Å². The third-order valence-corrected chi connectivity index (χ3v) is 7.14. The van der Waals surface area contributed by atoms with Crippen molar-refractivity contribution in [2.45, 2.75) is 45.3 Å². The number of carbonyl (C=O) groups excluding carboxylic acids is 2. The SMILES string of the molecule is CCc1ccc(NC(=O)CS(=O)(=O)C(CC)C(=O)Nc2nnc(CC)s2)cc1. The third kappa shape index (κ3) is 5.83. The highest BCUT2D eigenvalue weighted by atomic mass is 32.2. The Labute approximate surface area is 168 Å². The van der Waals surface area contributed by atoms with Crippen molar-refractivity contribution in [1.29, 1.82) is 0 Å². The molecule has 2 aromatic rings. The van der Waals surface area contributed by atoms with Crippen LogP contribution in [0.2, 0.25) is 0 Å². The first-order valence-electron chi connectivity index (χ1n) is 9.02. The topological polar surface area (TPSA) is 118 Å². The van der Waals surface area contributed by atoms with Crippen molar-refractivity contribution in [3.63, 3.8) is 0 Å². The third-order valence-electron chi connectivity index (χ3n) is 4.07. The van der Waals surface area contributed by atoms with Gasteiger partial charge >= 0.3 is 0 Å². The minimum Gasteiger partial charge on any atom is -0.325 e. The number of hydrogen-bond donors (Lipinski definition) is 2. The molecule has 10 heteroatoms. The molecule has 0 bridgehead atoms. The van der Waals surface area contributed by atoms with Gasteiger partial charge in [0.15, 0.2) is 9.84 Å². The van der Waals surface area contributed by atoms with Crippen LogP contribution in [0.3, 0.4) is 0 Å². The zero-order valence-corrected chi connectivity index (χ0v) is 17.7. The molecule has 0 radical (unpaired) electrons. The highest BCUT2D eigenvalue weighted by Crippen LogP contribution is 2.18. The molecule has 0 saturated carbocycles. The maximum Gasteiger partial charge on any atom is 0.244 e. The molecule has 0 aliphatic carbocycles. The van der Waals surface area contributed by atoms with Gasteiger partial charge in [-0.15, -0.1) is 10.2 Å². The predicted octanol–water partition coefficient (Wildman–Crippen LogP) is 2.43. The number of amides is 2. The number of hydrogen-bond acceptors (Lipinski definition) is 7. The molecule has 8 nitrogen and oxygen atoms in total. The lowest BCUT2D eigenvalue weighted by atomic mass is 10.1. The van der Waals surface area contributed by atoms with Gasteiger partial charge in [-0.25, -0.2) is 8.42 Å². The molecule has 0 fully saturated rings. The minimum atomic E-state index is -3.99. The Morgan fingerprint density at radius 1 is 1.04 bits per heavy atom. The van der Waals surface area contributed by atoms with Crippen LogP contribution in [0.1, 0.15) is 37.8 Å². The van der Waals surface area contributed by atoms with Crippen LogP contribution in [0.5, 0.6) is 0 Å². The molecule has 1 aromatic carbocycles. The normalized spacial score (nSPS) is 12.4. The average Bonchev–Trinajstić information content (AvgIpc) is 3.09. The van der Waals surface area contributed by atoms with E-state index in [0.717, 1.165) is 17.0 Å². The van der Waals surface area contributed by atoms with Crippen molar-refractivity contribution >= 4 is 43.8 Å². The zero-order valence-electron chi connectivity index (χ0n) is 16.1. The molecule has 0 aliphatic rings. The number of nitrogens with one attached hydrogen (secondary N) is 2. The summed E-state index contributed by atoms with van der Waals surface area (Å²) in [7, 11) is -3.99. The lowest BCUT2D eigenvalue weighted by molar-refractivity contribution is -0.115. The van der Waals surface area contributed by atoms with Gasteiger partial charge in [0.2, 0.25) is 16.9 Å². The standard InChI is InChI=1S/C18H24N4O4S2/c1-4-12-7-9-13(10-8-12)19-15(23)11-28(25,26)14(5-2)17(24)20-18-22-21-16(6-3)27-18/h7-10,14H,4-6,11H2,1-3H3,(H,19,23)(H,20,22,24). The maximum atomic E-state index is 12.6. The van der Waals surface area contributed by atoms with E-state index in [4.69, 9.17) is 0 Å². The summed E-state index contributed by atoms with van der Waals surface area (Å²) >= 11 is 1.19. The van der Waals surface area contributed by atoms with Gasteiger partial charge in [0.25, 0.3) is 0 Å². The van der Waals surface area contributed by atoms with Gasteiger partial charge < -0.3 is 5.32 Å². The number of sulfone groups is 1. The summed E-state index contributed by atoms with van der Waals surface area (Å²) in [6, 6.07) is 7.15. The van der Waals surface area contributed by atoms with Crippen molar-refractivity contribution in [2.75, 3.05) is 16.4 Å². The van der Waals surface area contributed by atoms with Gasteiger partial charge in [0.1, 0.15) is 16.0 Å². The van der Waals surface area contributed by atoms with Crippen molar-refractivity contribution in [3.05, 3.63) is 34.8 Å². The largest absolute Gasteiger partial charge is 0.325 e. The Balaban J connectivity index is 2.02. The van der Waals surface area contributed by atoms with Gasteiger partial charge in [-0.3, -0.25) is 14.9 Å². The van der Waals surface area contributed by atoms with Crippen LogP contribution in [0.4, 0.5) is 10.8 Å². The Morgan fingerprint density at radius 2 is 1.71 bits per heavy atom. The first-order valence-corrected chi connectivity index (χ1v) is 11.6. The molecular formula is C18H24N4O4S2. The Kier molecular flexibility index (Phi) is 7.64. The molecule has 2 rings (SSSR count). The van der Waals surface area contributed by atoms with Gasteiger partial charge in [0, 0.05) is 5.69 Å². The molecular weight excluding hydrogens is 400 g/mol. The van der Waals surface area contributed by atoms with Crippen LogP contribution < -0.4 is 10.6 Å². The highest BCUT2D eigenvalue weighted by Gasteiger charge is 2.33. The van der Waals surface area contributed by atoms with E-state index in [9.17, 15) is 18.0 Å². The monoisotopic (exact) mass is 424 g/mol. The van der Waals surface area contributed by atoms with Crippen molar-refractivity contribution in [3.8, 4) is 0 Å². The van der Waals surface area contributed by atoms with Crippen molar-refractivity contribution in [1.82, 2.24) is 10.2 Å². The van der Waals surface area contributed by atoms with Crippen LogP contribution >= 0.6 is 11.3 Å². The zero-order chi connectivity index (χ0) is 20.7. The molecule has 152 valence electrons. The van der Waals surface area contributed by atoms with E-state index in [-0.39, 0.29) is 11.6 Å². The maximum absolute atomic E-state index is 12.6. The molecule has 1 atom stereocenters. The summed E-state index contributed by atoms with van der Waals surface area (Å²) in [5, 5.41) is 12.4. The fourth-order valence-corrected chi connectivity index (χ4v) is 4.75. The molecule has 1 heterocycles. The number of carbonyl (C=O) groups is 2. The fraction of sp³-hybridized carbons (Fsp3) is 0.444. The second-order valence-electron chi connectivity index (χ2n) is 6.15. The van der Waals surface area contributed by atoms with Gasteiger partial charge in [-0.05, 0) is 37.0 Å². The molecule has 2 amide bonds. The molecule has 0 saturated heterocycles. The Bertz CT molecular complexity index is 923. The van der Waals surface area contributed by atoms with Gasteiger partial charge in [-0.2, -0.15) is 0 Å². The minimum absolute atomic E-state index is 0.0477. The van der Waals surface area contributed by atoms with Crippen molar-refractivity contribution in [2.24, 2.45) is 0 Å². The molecule has 1 unspecified atom stereocenters. The second-order valence-corrected chi connectivity index (χ2v) is 9.39. The summed E-state index contributed by atoms with van der Waals surface area (Å²) < 4.78 is 25.2.